The van der Waals surface area contributed by atoms with Crippen molar-refractivity contribution in [2.75, 3.05) is 12.4 Å². The zero-order valence-electron chi connectivity index (χ0n) is 10.8. The van der Waals surface area contributed by atoms with Gasteiger partial charge in [-0.2, -0.15) is 5.26 Å². The summed E-state index contributed by atoms with van der Waals surface area (Å²) in [6.07, 6.45) is 2.71. The molecule has 2 rings (SSSR count). The molecule has 1 aliphatic rings. The summed E-state index contributed by atoms with van der Waals surface area (Å²) >= 11 is 0. The number of hydrogen-bond acceptors (Lipinski definition) is 4. The number of carbonyl (C=O) groups is 1. The van der Waals surface area contributed by atoms with Gasteiger partial charge in [0.15, 0.2) is 0 Å². The highest BCUT2D eigenvalue weighted by molar-refractivity contribution is 5.94. The Morgan fingerprint density at radius 1 is 1.53 bits per heavy atom. The Hall–Kier alpha value is -2.06. The normalized spacial score (nSPS) is 21.7. The Balaban J connectivity index is 2.14. The zero-order chi connectivity index (χ0) is 13.8. The number of nitriles is 1. The number of nitrogens with one attached hydrogen (secondary N) is 1. The molecule has 5 heteroatoms. The Bertz CT molecular complexity index is 522. The summed E-state index contributed by atoms with van der Waals surface area (Å²) in [6.45, 7) is 0. The minimum absolute atomic E-state index is 0.0654. The standard InChI is InChI=1S/C14H17N3O2/c1-19-13-7-9(8-15)5-6-12(13)17-14(18)10-3-2-4-11(10)16/h5-7,10-11H,2-4,16H2,1H3,(H,17,18). The summed E-state index contributed by atoms with van der Waals surface area (Å²) in [5.41, 5.74) is 6.98. The second kappa shape index (κ2) is 5.72. The van der Waals surface area contributed by atoms with Crippen molar-refractivity contribution < 1.29 is 9.53 Å². The van der Waals surface area contributed by atoms with Gasteiger partial charge in [0, 0.05) is 12.1 Å². The Kier molecular flexibility index (Phi) is 4.03. The van der Waals surface area contributed by atoms with E-state index < -0.39 is 0 Å². The molecule has 0 aromatic heterocycles. The van der Waals surface area contributed by atoms with Gasteiger partial charge in [-0.25, -0.2) is 0 Å². The van der Waals surface area contributed by atoms with Crippen LogP contribution < -0.4 is 15.8 Å². The summed E-state index contributed by atoms with van der Waals surface area (Å²) < 4.78 is 5.18. The number of methoxy groups -OCH3 is 1. The van der Waals surface area contributed by atoms with E-state index in [9.17, 15) is 4.79 Å². The summed E-state index contributed by atoms with van der Waals surface area (Å²) in [6, 6.07) is 6.89. The second-order valence-electron chi connectivity index (χ2n) is 4.72. The van der Waals surface area contributed by atoms with Crippen LogP contribution in [-0.4, -0.2) is 19.1 Å². The van der Waals surface area contributed by atoms with Crippen LogP contribution in [0.25, 0.3) is 0 Å². The first-order chi connectivity index (χ1) is 9.15. The van der Waals surface area contributed by atoms with Crippen LogP contribution >= 0.6 is 0 Å². The highest BCUT2D eigenvalue weighted by Gasteiger charge is 2.30. The lowest BCUT2D eigenvalue weighted by Crippen LogP contribution is -2.34. The topological polar surface area (TPSA) is 88.1 Å². The molecule has 0 radical (unpaired) electrons. The van der Waals surface area contributed by atoms with Gasteiger partial charge >= 0.3 is 0 Å². The number of amides is 1. The molecule has 2 atom stereocenters. The Labute approximate surface area is 112 Å². The van der Waals surface area contributed by atoms with Crippen molar-refractivity contribution in [1.82, 2.24) is 0 Å². The molecular formula is C14H17N3O2. The lowest BCUT2D eigenvalue weighted by molar-refractivity contribution is -0.120. The van der Waals surface area contributed by atoms with Crippen LogP contribution in [0.4, 0.5) is 5.69 Å². The number of ether oxygens (including phenoxy) is 1. The first-order valence-corrected chi connectivity index (χ1v) is 6.30. The second-order valence-corrected chi connectivity index (χ2v) is 4.72. The van der Waals surface area contributed by atoms with Crippen LogP contribution in [0.5, 0.6) is 5.75 Å². The molecule has 0 heterocycles. The monoisotopic (exact) mass is 259 g/mol. The van der Waals surface area contributed by atoms with Crippen LogP contribution in [-0.2, 0) is 4.79 Å². The molecule has 5 nitrogen and oxygen atoms in total. The van der Waals surface area contributed by atoms with Crippen LogP contribution in [0, 0.1) is 17.2 Å². The Morgan fingerprint density at radius 2 is 2.32 bits per heavy atom. The van der Waals surface area contributed by atoms with Crippen molar-refractivity contribution >= 4 is 11.6 Å². The van der Waals surface area contributed by atoms with E-state index in [-0.39, 0.29) is 17.9 Å². The molecule has 1 aromatic carbocycles. The van der Waals surface area contributed by atoms with Gasteiger partial charge in [0.25, 0.3) is 0 Å². The Morgan fingerprint density at radius 3 is 2.89 bits per heavy atom. The van der Waals surface area contributed by atoms with Gasteiger partial charge in [0.05, 0.1) is 30.3 Å². The first kappa shape index (κ1) is 13.4. The van der Waals surface area contributed by atoms with Crippen molar-refractivity contribution in [3.8, 4) is 11.8 Å². The maximum atomic E-state index is 12.1. The number of benzene rings is 1. The van der Waals surface area contributed by atoms with Crippen molar-refractivity contribution in [1.29, 1.82) is 5.26 Å². The minimum atomic E-state index is -0.139. The van der Waals surface area contributed by atoms with E-state index in [1.807, 2.05) is 6.07 Å². The number of anilines is 1. The van der Waals surface area contributed by atoms with E-state index in [1.165, 1.54) is 7.11 Å². The highest BCUT2D eigenvalue weighted by atomic mass is 16.5. The maximum absolute atomic E-state index is 12.1. The molecule has 100 valence electrons. The molecule has 2 unspecified atom stereocenters. The predicted octanol–water partition coefficient (Wildman–Crippen LogP) is 1.63. The largest absolute Gasteiger partial charge is 0.495 e. The number of rotatable bonds is 3. The molecule has 1 saturated carbocycles. The van der Waals surface area contributed by atoms with Crippen molar-refractivity contribution in [2.45, 2.75) is 25.3 Å². The average molecular weight is 259 g/mol. The lowest BCUT2D eigenvalue weighted by atomic mass is 10.0. The van der Waals surface area contributed by atoms with Gasteiger partial charge in [-0.15, -0.1) is 0 Å². The molecule has 1 aromatic rings. The SMILES string of the molecule is COc1cc(C#N)ccc1NC(=O)C1CCCC1N. The third-order valence-corrected chi connectivity index (χ3v) is 3.49. The van der Waals surface area contributed by atoms with Gasteiger partial charge in [-0.05, 0) is 25.0 Å². The quantitative estimate of drug-likeness (QED) is 0.863. The van der Waals surface area contributed by atoms with E-state index in [0.717, 1.165) is 19.3 Å². The first-order valence-electron chi connectivity index (χ1n) is 6.30. The van der Waals surface area contributed by atoms with E-state index in [0.29, 0.717) is 17.0 Å². The highest BCUT2D eigenvalue weighted by Crippen LogP contribution is 2.29. The molecule has 1 fully saturated rings. The fourth-order valence-electron chi connectivity index (χ4n) is 2.40. The van der Waals surface area contributed by atoms with E-state index >= 15 is 0 Å². The molecule has 1 amide bonds. The summed E-state index contributed by atoms with van der Waals surface area (Å²) in [5, 5.41) is 11.7. The van der Waals surface area contributed by atoms with Gasteiger partial charge in [0.2, 0.25) is 5.91 Å². The molecule has 3 N–H and O–H groups in total. The van der Waals surface area contributed by atoms with E-state index in [1.54, 1.807) is 18.2 Å². The molecule has 0 spiro atoms. The molecule has 0 aliphatic heterocycles. The third kappa shape index (κ3) is 2.85. The van der Waals surface area contributed by atoms with Gasteiger partial charge in [-0.1, -0.05) is 6.42 Å². The van der Waals surface area contributed by atoms with Crippen LogP contribution in [0.1, 0.15) is 24.8 Å². The van der Waals surface area contributed by atoms with Crippen molar-refractivity contribution in [3.05, 3.63) is 23.8 Å². The van der Waals surface area contributed by atoms with Gasteiger partial charge in [-0.3, -0.25) is 4.79 Å². The molecule has 19 heavy (non-hydrogen) atoms. The fourth-order valence-corrected chi connectivity index (χ4v) is 2.40. The molecule has 0 bridgehead atoms. The fraction of sp³-hybridized carbons (Fsp3) is 0.429. The van der Waals surface area contributed by atoms with Crippen LogP contribution in [0.15, 0.2) is 18.2 Å². The number of nitrogens with two attached hydrogens (primary N) is 1. The van der Waals surface area contributed by atoms with Crippen LogP contribution in [0.2, 0.25) is 0 Å². The number of hydrogen-bond donors (Lipinski definition) is 2. The summed E-state index contributed by atoms with van der Waals surface area (Å²) in [4.78, 5) is 12.1. The van der Waals surface area contributed by atoms with E-state index in [4.69, 9.17) is 15.7 Å². The molecule has 1 aliphatic carbocycles. The number of carbonyl (C=O) groups excluding carboxylic acids is 1. The zero-order valence-corrected chi connectivity index (χ0v) is 10.8. The van der Waals surface area contributed by atoms with Crippen molar-refractivity contribution in [3.63, 3.8) is 0 Å². The number of nitrogens with zero attached hydrogens (tertiary/aromatic N) is 1. The maximum Gasteiger partial charge on any atom is 0.229 e. The molecular weight excluding hydrogens is 242 g/mol. The smallest absolute Gasteiger partial charge is 0.229 e. The van der Waals surface area contributed by atoms with Gasteiger partial charge < -0.3 is 15.8 Å². The van der Waals surface area contributed by atoms with Crippen LogP contribution in [0.3, 0.4) is 0 Å². The average Bonchev–Trinajstić information content (AvgIpc) is 2.85. The van der Waals surface area contributed by atoms with E-state index in [2.05, 4.69) is 5.32 Å². The van der Waals surface area contributed by atoms with Crippen molar-refractivity contribution in [2.24, 2.45) is 11.7 Å². The predicted molar refractivity (Wildman–Crippen MR) is 71.7 cm³/mol. The lowest BCUT2D eigenvalue weighted by Gasteiger charge is -2.16. The summed E-state index contributed by atoms with van der Waals surface area (Å²) in [5.74, 6) is 0.271. The third-order valence-electron chi connectivity index (χ3n) is 3.49. The van der Waals surface area contributed by atoms with Gasteiger partial charge in [0.1, 0.15) is 5.75 Å². The minimum Gasteiger partial charge on any atom is -0.495 e. The summed E-state index contributed by atoms with van der Waals surface area (Å²) in [7, 11) is 1.51. The molecule has 0 saturated heterocycles.